The number of thiophene rings is 1. The second-order valence-electron chi connectivity index (χ2n) is 2.84. The maximum atomic E-state index is 11.3. The summed E-state index contributed by atoms with van der Waals surface area (Å²) >= 11 is 7.26. The smallest absolute Gasteiger partial charge is 0.252 e. The van der Waals surface area contributed by atoms with Gasteiger partial charge in [0, 0.05) is 22.9 Å². The van der Waals surface area contributed by atoms with Gasteiger partial charge in [-0.15, -0.1) is 11.6 Å². The SMILES string of the molecule is CC(Cl)CCNC(=O)c1ccsc1. The normalized spacial score (nSPS) is 12.5. The third-order valence-corrected chi connectivity index (χ3v) is 2.51. The Morgan fingerprint density at radius 1 is 1.77 bits per heavy atom. The van der Waals surface area contributed by atoms with E-state index in [0.29, 0.717) is 6.54 Å². The summed E-state index contributed by atoms with van der Waals surface area (Å²) in [7, 11) is 0. The van der Waals surface area contributed by atoms with Gasteiger partial charge in [-0.2, -0.15) is 11.3 Å². The summed E-state index contributed by atoms with van der Waals surface area (Å²) in [6, 6.07) is 1.81. The molecule has 0 aliphatic heterocycles. The largest absolute Gasteiger partial charge is 0.352 e. The van der Waals surface area contributed by atoms with E-state index < -0.39 is 0 Å². The van der Waals surface area contributed by atoms with Crippen LogP contribution in [0.1, 0.15) is 23.7 Å². The van der Waals surface area contributed by atoms with Crippen molar-refractivity contribution in [2.75, 3.05) is 6.54 Å². The molecule has 0 radical (unpaired) electrons. The van der Waals surface area contributed by atoms with Crippen LogP contribution >= 0.6 is 22.9 Å². The molecule has 13 heavy (non-hydrogen) atoms. The van der Waals surface area contributed by atoms with E-state index in [2.05, 4.69) is 5.32 Å². The van der Waals surface area contributed by atoms with Crippen molar-refractivity contribution in [2.24, 2.45) is 0 Å². The first kappa shape index (κ1) is 10.5. The molecule has 0 aromatic carbocycles. The second kappa shape index (κ2) is 5.25. The highest BCUT2D eigenvalue weighted by Gasteiger charge is 2.04. The van der Waals surface area contributed by atoms with Gasteiger partial charge in [-0.3, -0.25) is 4.79 Å². The van der Waals surface area contributed by atoms with Gasteiger partial charge in [0.15, 0.2) is 0 Å². The Morgan fingerprint density at radius 2 is 2.54 bits per heavy atom. The van der Waals surface area contributed by atoms with Gasteiger partial charge in [-0.05, 0) is 24.8 Å². The van der Waals surface area contributed by atoms with Gasteiger partial charge in [0.05, 0.1) is 0 Å². The Bertz CT molecular complexity index is 259. The predicted molar refractivity (Wildman–Crippen MR) is 56.6 cm³/mol. The number of carbonyl (C=O) groups excluding carboxylic acids is 1. The number of hydrogen-bond donors (Lipinski definition) is 1. The molecule has 0 aliphatic carbocycles. The van der Waals surface area contributed by atoms with Gasteiger partial charge >= 0.3 is 0 Å². The fraction of sp³-hybridized carbons (Fsp3) is 0.444. The summed E-state index contributed by atoms with van der Waals surface area (Å²) in [6.45, 7) is 2.55. The van der Waals surface area contributed by atoms with Crippen LogP contribution in [0.15, 0.2) is 16.8 Å². The van der Waals surface area contributed by atoms with Crippen LogP contribution in [0.4, 0.5) is 0 Å². The van der Waals surface area contributed by atoms with Gasteiger partial charge in [0.25, 0.3) is 5.91 Å². The molecule has 4 heteroatoms. The number of alkyl halides is 1. The van der Waals surface area contributed by atoms with Gasteiger partial charge in [-0.25, -0.2) is 0 Å². The van der Waals surface area contributed by atoms with Gasteiger partial charge in [-0.1, -0.05) is 0 Å². The van der Waals surface area contributed by atoms with Crippen LogP contribution in [0.2, 0.25) is 0 Å². The molecule has 1 rings (SSSR count). The third kappa shape index (κ3) is 3.79. The Kier molecular flexibility index (Phi) is 4.25. The van der Waals surface area contributed by atoms with Crippen molar-refractivity contribution in [3.05, 3.63) is 22.4 Å². The molecular formula is C9H12ClNOS. The van der Waals surface area contributed by atoms with E-state index in [-0.39, 0.29) is 11.3 Å². The standard InChI is InChI=1S/C9H12ClNOS/c1-7(10)2-4-11-9(12)8-3-5-13-6-8/h3,5-7H,2,4H2,1H3,(H,11,12). The van der Waals surface area contributed by atoms with E-state index >= 15 is 0 Å². The number of hydrogen-bond acceptors (Lipinski definition) is 2. The molecule has 72 valence electrons. The molecule has 1 atom stereocenters. The minimum Gasteiger partial charge on any atom is -0.352 e. The van der Waals surface area contributed by atoms with Crippen LogP contribution in [0.3, 0.4) is 0 Å². The lowest BCUT2D eigenvalue weighted by atomic mass is 10.3. The average Bonchev–Trinajstić information content (AvgIpc) is 2.55. The molecule has 0 saturated carbocycles. The van der Waals surface area contributed by atoms with Gasteiger partial charge < -0.3 is 5.32 Å². The van der Waals surface area contributed by atoms with E-state index in [4.69, 9.17) is 11.6 Å². The fourth-order valence-corrected chi connectivity index (χ4v) is 1.63. The summed E-state index contributed by atoms with van der Waals surface area (Å²) in [5.41, 5.74) is 0.729. The zero-order chi connectivity index (χ0) is 9.68. The summed E-state index contributed by atoms with van der Waals surface area (Å²) in [4.78, 5) is 11.3. The van der Waals surface area contributed by atoms with Crippen molar-refractivity contribution < 1.29 is 4.79 Å². The third-order valence-electron chi connectivity index (χ3n) is 1.61. The maximum absolute atomic E-state index is 11.3. The van der Waals surface area contributed by atoms with Crippen molar-refractivity contribution in [2.45, 2.75) is 18.7 Å². The van der Waals surface area contributed by atoms with E-state index in [1.165, 1.54) is 11.3 Å². The molecule has 1 amide bonds. The molecule has 0 fully saturated rings. The van der Waals surface area contributed by atoms with E-state index in [9.17, 15) is 4.79 Å². The lowest BCUT2D eigenvalue weighted by Gasteiger charge is -2.04. The second-order valence-corrected chi connectivity index (χ2v) is 4.36. The van der Waals surface area contributed by atoms with E-state index in [1.54, 1.807) is 0 Å². The summed E-state index contributed by atoms with van der Waals surface area (Å²) in [5.74, 6) is -0.0152. The summed E-state index contributed by atoms with van der Waals surface area (Å²) < 4.78 is 0. The Labute approximate surface area is 86.9 Å². The van der Waals surface area contributed by atoms with Crippen molar-refractivity contribution in [3.8, 4) is 0 Å². The van der Waals surface area contributed by atoms with Crippen LogP contribution in [0.25, 0.3) is 0 Å². The van der Waals surface area contributed by atoms with Crippen molar-refractivity contribution >= 4 is 28.8 Å². The lowest BCUT2D eigenvalue weighted by molar-refractivity contribution is 0.0954. The highest BCUT2D eigenvalue weighted by Crippen LogP contribution is 2.05. The zero-order valence-electron chi connectivity index (χ0n) is 7.42. The molecular weight excluding hydrogens is 206 g/mol. The fourth-order valence-electron chi connectivity index (χ4n) is 0.880. The minimum absolute atomic E-state index is 0.0152. The minimum atomic E-state index is -0.0152. The predicted octanol–water partition coefficient (Wildman–Crippen LogP) is 2.50. The molecule has 2 nitrogen and oxygen atoms in total. The molecule has 0 aliphatic rings. The summed E-state index contributed by atoms with van der Waals surface area (Å²) in [5, 5.41) is 6.63. The van der Waals surface area contributed by atoms with Crippen molar-refractivity contribution in [1.82, 2.24) is 5.32 Å². The number of halogens is 1. The van der Waals surface area contributed by atoms with Crippen molar-refractivity contribution in [1.29, 1.82) is 0 Å². The topological polar surface area (TPSA) is 29.1 Å². The summed E-state index contributed by atoms with van der Waals surface area (Å²) in [6.07, 6.45) is 0.803. The van der Waals surface area contributed by atoms with Crippen LogP contribution in [-0.4, -0.2) is 17.8 Å². The van der Waals surface area contributed by atoms with Crippen molar-refractivity contribution in [3.63, 3.8) is 0 Å². The monoisotopic (exact) mass is 217 g/mol. The first-order chi connectivity index (χ1) is 6.20. The van der Waals surface area contributed by atoms with Crippen LogP contribution < -0.4 is 5.32 Å². The first-order valence-electron chi connectivity index (χ1n) is 4.14. The first-order valence-corrected chi connectivity index (χ1v) is 5.52. The molecule has 1 unspecified atom stereocenters. The molecule has 0 bridgehead atoms. The Balaban J connectivity index is 2.27. The number of nitrogens with one attached hydrogen (secondary N) is 1. The zero-order valence-corrected chi connectivity index (χ0v) is 8.99. The van der Waals surface area contributed by atoms with Gasteiger partial charge in [0.2, 0.25) is 0 Å². The average molecular weight is 218 g/mol. The van der Waals surface area contributed by atoms with Crippen LogP contribution in [0, 0.1) is 0 Å². The quantitative estimate of drug-likeness (QED) is 0.772. The number of rotatable bonds is 4. The molecule has 1 heterocycles. The number of carbonyl (C=O) groups is 1. The van der Waals surface area contributed by atoms with Crippen LogP contribution in [0.5, 0.6) is 0 Å². The van der Waals surface area contributed by atoms with Gasteiger partial charge in [0.1, 0.15) is 0 Å². The van der Waals surface area contributed by atoms with E-state index in [0.717, 1.165) is 12.0 Å². The molecule has 0 saturated heterocycles. The molecule has 1 aromatic heterocycles. The molecule has 1 aromatic rings. The Hall–Kier alpha value is -0.540. The molecule has 0 spiro atoms. The van der Waals surface area contributed by atoms with E-state index in [1.807, 2.05) is 23.8 Å². The Morgan fingerprint density at radius 3 is 3.08 bits per heavy atom. The maximum Gasteiger partial charge on any atom is 0.252 e. The molecule has 1 N–H and O–H groups in total. The number of amides is 1. The lowest BCUT2D eigenvalue weighted by Crippen LogP contribution is -2.25. The highest BCUT2D eigenvalue weighted by atomic mass is 35.5. The van der Waals surface area contributed by atoms with Crippen LogP contribution in [-0.2, 0) is 0 Å². The highest BCUT2D eigenvalue weighted by molar-refractivity contribution is 7.08.